The normalized spacial score (nSPS) is 12.5. The van der Waals surface area contributed by atoms with Gasteiger partial charge in [0.15, 0.2) is 0 Å². The predicted octanol–water partition coefficient (Wildman–Crippen LogP) is 3.27. The van der Waals surface area contributed by atoms with E-state index in [4.69, 9.17) is 0 Å². The van der Waals surface area contributed by atoms with Gasteiger partial charge in [-0.2, -0.15) is 13.2 Å². The van der Waals surface area contributed by atoms with Crippen LogP contribution in [0.15, 0.2) is 48.5 Å². The van der Waals surface area contributed by atoms with E-state index in [1.165, 1.54) is 24.3 Å². The predicted molar refractivity (Wildman–Crippen MR) is 80.4 cm³/mol. The maximum Gasteiger partial charge on any atom is 0.416 e. The highest BCUT2D eigenvalue weighted by Crippen LogP contribution is 2.29. The number of carboxylic acid groups (broad SMARTS) is 1. The zero-order valence-corrected chi connectivity index (χ0v) is 12.7. The Hall–Kier alpha value is -2.90. The van der Waals surface area contributed by atoms with E-state index < -0.39 is 35.5 Å². The van der Waals surface area contributed by atoms with Gasteiger partial charge >= 0.3 is 12.1 Å². The van der Waals surface area contributed by atoms with Crippen molar-refractivity contribution in [2.45, 2.75) is 18.6 Å². The van der Waals surface area contributed by atoms with Crippen molar-refractivity contribution < 1.29 is 32.3 Å². The molecule has 0 bridgehead atoms. The largest absolute Gasteiger partial charge is 0.480 e. The summed E-state index contributed by atoms with van der Waals surface area (Å²) in [6.07, 6.45) is -4.94. The van der Waals surface area contributed by atoms with E-state index in [0.717, 1.165) is 24.3 Å². The summed E-state index contributed by atoms with van der Waals surface area (Å²) in [4.78, 5) is 23.3. The average Bonchev–Trinajstić information content (AvgIpc) is 2.54. The lowest BCUT2D eigenvalue weighted by molar-refractivity contribution is -0.139. The third kappa shape index (κ3) is 4.79. The molecule has 0 aliphatic rings. The number of alkyl halides is 3. The number of carboxylic acids is 1. The van der Waals surface area contributed by atoms with Gasteiger partial charge in [0.2, 0.25) is 0 Å². The zero-order valence-electron chi connectivity index (χ0n) is 12.7. The van der Waals surface area contributed by atoms with E-state index in [1.54, 1.807) is 0 Å². The molecule has 0 saturated heterocycles. The van der Waals surface area contributed by atoms with Gasteiger partial charge in [0.25, 0.3) is 5.91 Å². The van der Waals surface area contributed by atoms with Crippen LogP contribution in [-0.2, 0) is 17.4 Å². The fraction of sp³-hybridized carbons (Fsp3) is 0.176. The fourth-order valence-corrected chi connectivity index (χ4v) is 2.19. The molecule has 1 atom stereocenters. The first-order chi connectivity index (χ1) is 11.7. The minimum absolute atomic E-state index is 0.0797. The molecule has 2 aromatic rings. The smallest absolute Gasteiger partial charge is 0.416 e. The molecule has 2 N–H and O–H groups in total. The summed E-state index contributed by atoms with van der Waals surface area (Å²) in [7, 11) is 0. The van der Waals surface area contributed by atoms with Gasteiger partial charge in [-0.1, -0.05) is 30.3 Å². The lowest BCUT2D eigenvalue weighted by atomic mass is 10.0. The van der Waals surface area contributed by atoms with Crippen LogP contribution in [0.4, 0.5) is 17.6 Å². The molecule has 0 aliphatic heterocycles. The van der Waals surface area contributed by atoms with Crippen molar-refractivity contribution >= 4 is 11.9 Å². The van der Waals surface area contributed by atoms with Crippen molar-refractivity contribution in [3.8, 4) is 0 Å². The maximum atomic E-state index is 13.6. The van der Waals surface area contributed by atoms with Crippen molar-refractivity contribution in [2.75, 3.05) is 0 Å². The molecule has 0 aliphatic carbocycles. The fourth-order valence-electron chi connectivity index (χ4n) is 2.19. The highest BCUT2D eigenvalue weighted by atomic mass is 19.4. The quantitative estimate of drug-likeness (QED) is 0.809. The van der Waals surface area contributed by atoms with Gasteiger partial charge in [-0.3, -0.25) is 4.79 Å². The van der Waals surface area contributed by atoms with E-state index in [1.807, 2.05) is 0 Å². The molecule has 132 valence electrons. The minimum atomic E-state index is -4.56. The van der Waals surface area contributed by atoms with Crippen molar-refractivity contribution in [3.05, 3.63) is 71.0 Å². The molecule has 0 fully saturated rings. The zero-order chi connectivity index (χ0) is 18.6. The lowest BCUT2D eigenvalue weighted by Gasteiger charge is -2.16. The number of aliphatic carboxylic acids is 1. The number of halogens is 4. The van der Waals surface area contributed by atoms with Crippen LogP contribution < -0.4 is 5.32 Å². The Balaban J connectivity index is 2.18. The maximum absolute atomic E-state index is 13.6. The number of amides is 1. The number of hydrogen-bond acceptors (Lipinski definition) is 2. The molecule has 0 radical (unpaired) electrons. The van der Waals surface area contributed by atoms with Gasteiger partial charge in [0, 0.05) is 6.42 Å². The second-order valence-electron chi connectivity index (χ2n) is 5.25. The van der Waals surface area contributed by atoms with Crippen LogP contribution in [0.1, 0.15) is 21.5 Å². The summed E-state index contributed by atoms with van der Waals surface area (Å²) in [6.45, 7) is 0. The third-order valence-corrected chi connectivity index (χ3v) is 3.42. The van der Waals surface area contributed by atoms with Crippen LogP contribution in [0.2, 0.25) is 0 Å². The van der Waals surface area contributed by atoms with Crippen LogP contribution in [0.25, 0.3) is 0 Å². The van der Waals surface area contributed by atoms with Crippen LogP contribution >= 0.6 is 0 Å². The standard InChI is InChI=1S/C17H13F4NO3/c18-13-7-2-1-6-12(13)15(23)22-14(16(24)25)9-10-4-3-5-11(8-10)17(19,20)21/h1-8,14H,9H2,(H,22,23)(H,24,25)/t14-/m1/s1. The first kappa shape index (κ1) is 18.4. The molecule has 4 nitrogen and oxygen atoms in total. The number of carbonyl (C=O) groups is 2. The summed E-state index contributed by atoms with van der Waals surface area (Å²) >= 11 is 0. The second kappa shape index (κ2) is 7.33. The Morgan fingerprint density at radius 2 is 1.76 bits per heavy atom. The van der Waals surface area contributed by atoms with Crippen LogP contribution in [0, 0.1) is 5.82 Å². The van der Waals surface area contributed by atoms with Crippen molar-refractivity contribution in [2.24, 2.45) is 0 Å². The Morgan fingerprint density at radius 1 is 1.08 bits per heavy atom. The Morgan fingerprint density at radius 3 is 2.36 bits per heavy atom. The Kier molecular flexibility index (Phi) is 5.41. The van der Waals surface area contributed by atoms with Crippen LogP contribution in [-0.4, -0.2) is 23.0 Å². The lowest BCUT2D eigenvalue weighted by Crippen LogP contribution is -2.42. The van der Waals surface area contributed by atoms with Crippen LogP contribution in [0.3, 0.4) is 0 Å². The van der Waals surface area contributed by atoms with E-state index in [9.17, 15) is 32.3 Å². The Bertz CT molecular complexity index is 789. The average molecular weight is 355 g/mol. The Labute approximate surface area is 140 Å². The van der Waals surface area contributed by atoms with Gasteiger partial charge in [0.05, 0.1) is 11.1 Å². The number of benzene rings is 2. The molecular weight excluding hydrogens is 342 g/mol. The first-order valence-corrected chi connectivity index (χ1v) is 7.13. The van der Waals surface area contributed by atoms with Crippen LogP contribution in [0.5, 0.6) is 0 Å². The molecule has 2 aromatic carbocycles. The second-order valence-corrected chi connectivity index (χ2v) is 5.25. The molecular formula is C17H13F4NO3. The molecule has 1 amide bonds. The van der Waals surface area contributed by atoms with E-state index in [2.05, 4.69) is 5.32 Å². The van der Waals surface area contributed by atoms with Gasteiger partial charge in [-0.15, -0.1) is 0 Å². The highest BCUT2D eigenvalue weighted by Gasteiger charge is 2.31. The summed E-state index contributed by atoms with van der Waals surface area (Å²) in [5, 5.41) is 11.3. The SMILES string of the molecule is O=C(N[C@H](Cc1cccc(C(F)(F)F)c1)C(=O)O)c1ccccc1F. The molecule has 0 unspecified atom stereocenters. The van der Waals surface area contributed by atoms with Gasteiger partial charge < -0.3 is 10.4 Å². The summed E-state index contributed by atoms with van der Waals surface area (Å²) in [6, 6.07) is 7.61. The monoisotopic (exact) mass is 355 g/mol. The molecule has 0 spiro atoms. The number of nitrogens with one attached hydrogen (secondary N) is 1. The van der Waals surface area contributed by atoms with E-state index >= 15 is 0 Å². The van der Waals surface area contributed by atoms with Crippen molar-refractivity contribution in [1.29, 1.82) is 0 Å². The van der Waals surface area contributed by atoms with E-state index in [0.29, 0.717) is 0 Å². The van der Waals surface area contributed by atoms with Gasteiger partial charge in [-0.05, 0) is 23.8 Å². The van der Waals surface area contributed by atoms with Gasteiger partial charge in [-0.25, -0.2) is 9.18 Å². The number of carbonyl (C=O) groups excluding carboxylic acids is 1. The highest BCUT2D eigenvalue weighted by molar-refractivity contribution is 5.96. The number of hydrogen-bond donors (Lipinski definition) is 2. The molecule has 2 rings (SSSR count). The molecule has 0 aromatic heterocycles. The summed E-state index contributed by atoms with van der Waals surface area (Å²) in [5.74, 6) is -3.23. The molecule has 25 heavy (non-hydrogen) atoms. The first-order valence-electron chi connectivity index (χ1n) is 7.13. The molecule has 0 heterocycles. The number of rotatable bonds is 5. The topological polar surface area (TPSA) is 66.4 Å². The molecule has 8 heteroatoms. The van der Waals surface area contributed by atoms with Crippen molar-refractivity contribution in [3.63, 3.8) is 0 Å². The molecule has 0 saturated carbocycles. The summed E-state index contributed by atoms with van der Waals surface area (Å²) < 4.78 is 51.7. The van der Waals surface area contributed by atoms with Crippen molar-refractivity contribution in [1.82, 2.24) is 5.32 Å². The van der Waals surface area contributed by atoms with Gasteiger partial charge in [0.1, 0.15) is 11.9 Å². The summed E-state index contributed by atoms with van der Waals surface area (Å²) in [5.41, 5.74) is -1.19. The third-order valence-electron chi connectivity index (χ3n) is 3.42. The minimum Gasteiger partial charge on any atom is -0.480 e. The van der Waals surface area contributed by atoms with E-state index in [-0.39, 0.29) is 17.5 Å².